The average molecular weight is 555 g/mol. The van der Waals surface area contributed by atoms with Crippen LogP contribution >= 0.6 is 0 Å². The van der Waals surface area contributed by atoms with Crippen LogP contribution in [0.25, 0.3) is 10.9 Å². The van der Waals surface area contributed by atoms with E-state index >= 15 is 0 Å². The van der Waals surface area contributed by atoms with Crippen LogP contribution in [0.15, 0.2) is 60.7 Å². The highest BCUT2D eigenvalue weighted by Crippen LogP contribution is 2.31. The third-order valence-electron chi connectivity index (χ3n) is 7.96. The number of benzene rings is 3. The molecule has 41 heavy (non-hydrogen) atoms. The van der Waals surface area contributed by atoms with Gasteiger partial charge in [0.1, 0.15) is 5.75 Å². The summed E-state index contributed by atoms with van der Waals surface area (Å²) in [6, 6.07) is 20.3. The van der Waals surface area contributed by atoms with Gasteiger partial charge in [0.15, 0.2) is 6.10 Å². The van der Waals surface area contributed by atoms with Gasteiger partial charge in [0, 0.05) is 28.7 Å². The zero-order valence-electron chi connectivity index (χ0n) is 25.1. The largest absolute Gasteiger partial charge is 0.479 e. The Bertz CT molecular complexity index is 1530. The summed E-state index contributed by atoms with van der Waals surface area (Å²) in [6.07, 6.45) is 3.19. The second-order valence-corrected chi connectivity index (χ2v) is 11.0. The molecule has 2 N–H and O–H groups in total. The fourth-order valence-electron chi connectivity index (χ4n) is 5.36. The van der Waals surface area contributed by atoms with Crippen LogP contribution in [-0.2, 0) is 24.2 Å². The topological polar surface area (TPSA) is 80.6 Å². The molecule has 0 aliphatic carbocycles. The first-order chi connectivity index (χ1) is 19.6. The molecule has 0 fully saturated rings. The molecular weight excluding hydrogens is 512 g/mol. The van der Waals surface area contributed by atoms with Gasteiger partial charge in [-0.3, -0.25) is 4.79 Å². The van der Waals surface area contributed by atoms with E-state index in [1.54, 1.807) is 0 Å². The molecule has 0 radical (unpaired) electrons. The van der Waals surface area contributed by atoms with Crippen molar-refractivity contribution in [2.24, 2.45) is 0 Å². The number of carbonyl (C=O) groups is 2. The van der Waals surface area contributed by atoms with Crippen LogP contribution in [0.5, 0.6) is 5.75 Å². The molecule has 3 aromatic carbocycles. The molecule has 1 heterocycles. The van der Waals surface area contributed by atoms with E-state index in [4.69, 9.17) is 4.74 Å². The number of ether oxygens (including phenoxy) is 1. The molecule has 0 saturated carbocycles. The van der Waals surface area contributed by atoms with Gasteiger partial charge in [0.25, 0.3) is 5.91 Å². The van der Waals surface area contributed by atoms with Gasteiger partial charge in [-0.2, -0.15) is 0 Å². The lowest BCUT2D eigenvalue weighted by Gasteiger charge is -2.15. The Hall–Kier alpha value is -4.06. The molecule has 0 saturated heterocycles. The van der Waals surface area contributed by atoms with E-state index in [9.17, 15) is 14.7 Å². The van der Waals surface area contributed by atoms with Crippen molar-refractivity contribution in [3.05, 3.63) is 99.7 Å². The van der Waals surface area contributed by atoms with Crippen molar-refractivity contribution in [3.8, 4) is 5.75 Å². The number of carbonyl (C=O) groups excluding carboxylic acids is 1. The lowest BCUT2D eigenvalue weighted by molar-refractivity contribution is -0.144. The first kappa shape index (κ1) is 29.9. The first-order valence-corrected chi connectivity index (χ1v) is 14.6. The van der Waals surface area contributed by atoms with E-state index in [1.807, 2.05) is 44.2 Å². The highest BCUT2D eigenvalue weighted by Gasteiger charge is 2.19. The highest BCUT2D eigenvalue weighted by molar-refractivity contribution is 5.99. The number of nitrogens with one attached hydrogen (secondary N) is 1. The summed E-state index contributed by atoms with van der Waals surface area (Å²) in [6.45, 7) is 12.7. The Balaban J connectivity index is 1.56. The molecule has 216 valence electrons. The number of nitrogens with zero attached hydrogens (tertiary/aromatic N) is 1. The van der Waals surface area contributed by atoms with Gasteiger partial charge in [-0.15, -0.1) is 0 Å². The standard InChI is InChI=1S/C35H42N2O4/c1-7-9-10-26-13-15-28(16-14-26)23(4)36-34(38)29-17-18-30-31(24(5)37(8-2)32(30)21-29)19-27-12-11-22(3)33(20-27)41-25(6)35(39)40/h11-18,20-21,23,25H,7-10,19H2,1-6H3,(H,36,38)(H,39,40)/t23-,25+/m0/s1. The van der Waals surface area contributed by atoms with Gasteiger partial charge < -0.3 is 19.7 Å². The lowest BCUT2D eigenvalue weighted by atomic mass is 9.99. The van der Waals surface area contributed by atoms with Crippen molar-refractivity contribution in [3.63, 3.8) is 0 Å². The molecule has 2 atom stereocenters. The normalized spacial score (nSPS) is 12.7. The van der Waals surface area contributed by atoms with Gasteiger partial charge in [-0.25, -0.2) is 4.79 Å². The smallest absolute Gasteiger partial charge is 0.344 e. The van der Waals surface area contributed by atoms with Crippen LogP contribution in [0.1, 0.15) is 90.4 Å². The molecule has 0 unspecified atom stereocenters. The van der Waals surface area contributed by atoms with Crippen molar-refractivity contribution >= 4 is 22.8 Å². The number of rotatable bonds is 12. The zero-order valence-corrected chi connectivity index (χ0v) is 25.1. The van der Waals surface area contributed by atoms with Crippen molar-refractivity contribution in [1.82, 2.24) is 9.88 Å². The summed E-state index contributed by atoms with van der Waals surface area (Å²) in [5.41, 5.74) is 8.36. The van der Waals surface area contributed by atoms with Crippen molar-refractivity contribution in [2.75, 3.05) is 0 Å². The minimum Gasteiger partial charge on any atom is -0.479 e. The number of aliphatic carboxylic acids is 1. The fourth-order valence-corrected chi connectivity index (χ4v) is 5.36. The Labute approximate surface area is 243 Å². The minimum atomic E-state index is -0.994. The summed E-state index contributed by atoms with van der Waals surface area (Å²) in [5, 5.41) is 13.5. The van der Waals surface area contributed by atoms with Crippen LogP contribution in [-0.4, -0.2) is 27.7 Å². The Kier molecular flexibility index (Phi) is 9.53. The van der Waals surface area contributed by atoms with Crippen LogP contribution in [0.2, 0.25) is 0 Å². The van der Waals surface area contributed by atoms with Gasteiger partial charge in [-0.05, 0) is 99.9 Å². The van der Waals surface area contributed by atoms with Gasteiger partial charge in [0.2, 0.25) is 0 Å². The summed E-state index contributed by atoms with van der Waals surface area (Å²) < 4.78 is 7.95. The van der Waals surface area contributed by atoms with E-state index in [-0.39, 0.29) is 11.9 Å². The van der Waals surface area contributed by atoms with Gasteiger partial charge in [-0.1, -0.05) is 55.8 Å². The molecule has 6 heteroatoms. The summed E-state index contributed by atoms with van der Waals surface area (Å²) >= 11 is 0. The molecule has 0 spiro atoms. The second kappa shape index (κ2) is 13.1. The van der Waals surface area contributed by atoms with E-state index in [0.717, 1.165) is 46.3 Å². The Morgan fingerprint density at radius 3 is 2.32 bits per heavy atom. The van der Waals surface area contributed by atoms with Crippen molar-refractivity contribution < 1.29 is 19.4 Å². The van der Waals surface area contributed by atoms with Crippen LogP contribution in [0, 0.1) is 13.8 Å². The number of carboxylic acids is 1. The third-order valence-corrected chi connectivity index (χ3v) is 7.96. The number of hydrogen-bond donors (Lipinski definition) is 2. The van der Waals surface area contributed by atoms with Crippen LogP contribution in [0.3, 0.4) is 0 Å². The molecule has 0 bridgehead atoms. The van der Waals surface area contributed by atoms with Gasteiger partial charge >= 0.3 is 5.97 Å². The number of carboxylic acid groups (broad SMARTS) is 1. The summed E-state index contributed by atoms with van der Waals surface area (Å²) in [4.78, 5) is 24.6. The number of aryl methyl sites for hydroxylation is 3. The molecule has 0 aliphatic heterocycles. The fraction of sp³-hybridized carbons (Fsp3) is 0.371. The van der Waals surface area contributed by atoms with Crippen LogP contribution < -0.4 is 10.1 Å². The average Bonchev–Trinajstić information content (AvgIpc) is 3.22. The summed E-state index contributed by atoms with van der Waals surface area (Å²) in [5.74, 6) is -0.505. The summed E-state index contributed by atoms with van der Waals surface area (Å²) in [7, 11) is 0. The van der Waals surface area contributed by atoms with Crippen molar-refractivity contribution in [2.45, 2.75) is 85.9 Å². The number of fused-ring (bicyclic) bond motifs is 1. The first-order valence-electron chi connectivity index (χ1n) is 14.6. The van der Waals surface area contributed by atoms with Crippen molar-refractivity contribution in [1.29, 1.82) is 0 Å². The molecule has 4 aromatic rings. The number of amides is 1. The highest BCUT2D eigenvalue weighted by atomic mass is 16.5. The molecule has 1 amide bonds. The maximum absolute atomic E-state index is 13.3. The molecular formula is C35H42N2O4. The van der Waals surface area contributed by atoms with E-state index in [2.05, 4.69) is 61.0 Å². The van der Waals surface area contributed by atoms with Gasteiger partial charge in [0.05, 0.1) is 6.04 Å². The Morgan fingerprint density at radius 1 is 0.951 bits per heavy atom. The molecule has 6 nitrogen and oxygen atoms in total. The number of unbranched alkanes of at least 4 members (excludes halogenated alkanes) is 1. The third kappa shape index (κ3) is 6.82. The SMILES string of the molecule is CCCCc1ccc([C@H](C)NC(=O)c2ccc3c(Cc4ccc(C)c(O[C@H](C)C(=O)O)c4)c(C)n(CC)c3c2)cc1. The Morgan fingerprint density at radius 2 is 1.66 bits per heavy atom. The number of hydrogen-bond acceptors (Lipinski definition) is 3. The number of aromatic nitrogens is 1. The van der Waals surface area contributed by atoms with E-state index in [1.165, 1.54) is 30.9 Å². The maximum atomic E-state index is 13.3. The second-order valence-electron chi connectivity index (χ2n) is 11.0. The predicted octanol–water partition coefficient (Wildman–Crippen LogP) is 7.55. The lowest BCUT2D eigenvalue weighted by Crippen LogP contribution is -2.26. The van der Waals surface area contributed by atoms with E-state index in [0.29, 0.717) is 17.7 Å². The maximum Gasteiger partial charge on any atom is 0.344 e. The minimum absolute atomic E-state index is 0.0922. The van der Waals surface area contributed by atoms with Crippen LogP contribution in [0.4, 0.5) is 0 Å². The monoisotopic (exact) mass is 554 g/mol. The zero-order chi connectivity index (χ0) is 29.7. The quantitative estimate of drug-likeness (QED) is 0.189. The van der Waals surface area contributed by atoms with E-state index < -0.39 is 12.1 Å². The molecule has 4 rings (SSSR count). The molecule has 0 aliphatic rings. The predicted molar refractivity (Wildman–Crippen MR) is 165 cm³/mol. The molecule has 1 aromatic heterocycles.